The maximum atomic E-state index is 5.78. The molecule has 90 valence electrons. The molecule has 0 aliphatic carbocycles. The van der Waals surface area contributed by atoms with E-state index in [1.165, 1.54) is 12.0 Å². The Bertz CT molecular complexity index is 297. The summed E-state index contributed by atoms with van der Waals surface area (Å²) in [6, 6.07) is 2.18. The first-order valence-electron chi connectivity index (χ1n) is 6.10. The minimum Gasteiger partial charge on any atom is -0.378 e. The Morgan fingerprint density at radius 3 is 3.12 bits per heavy atom. The number of thiophene rings is 1. The molecule has 1 aromatic rings. The van der Waals surface area contributed by atoms with Gasteiger partial charge < -0.3 is 10.1 Å². The lowest BCUT2D eigenvalue weighted by Crippen LogP contribution is -2.31. The van der Waals surface area contributed by atoms with E-state index in [0.29, 0.717) is 17.9 Å². The molecular formula is C13H21NOS. The molecule has 0 aromatic carbocycles. The van der Waals surface area contributed by atoms with Crippen molar-refractivity contribution in [1.82, 2.24) is 5.32 Å². The third-order valence-electron chi connectivity index (χ3n) is 3.24. The predicted molar refractivity (Wildman–Crippen MR) is 68.7 cm³/mol. The van der Waals surface area contributed by atoms with Gasteiger partial charge in [0.05, 0.1) is 6.10 Å². The summed E-state index contributed by atoms with van der Waals surface area (Å²) >= 11 is 1.76. The smallest absolute Gasteiger partial charge is 0.0639 e. The van der Waals surface area contributed by atoms with Crippen molar-refractivity contribution in [3.8, 4) is 0 Å². The maximum Gasteiger partial charge on any atom is 0.0639 e. The molecule has 2 nitrogen and oxygen atoms in total. The molecule has 0 bridgehead atoms. The van der Waals surface area contributed by atoms with Gasteiger partial charge in [0.25, 0.3) is 0 Å². The highest BCUT2D eigenvalue weighted by molar-refractivity contribution is 7.07. The van der Waals surface area contributed by atoms with Gasteiger partial charge in [0, 0.05) is 19.7 Å². The predicted octanol–water partition coefficient (Wildman–Crippen LogP) is 2.90. The summed E-state index contributed by atoms with van der Waals surface area (Å²) in [7, 11) is 0. The molecule has 1 fully saturated rings. The summed E-state index contributed by atoms with van der Waals surface area (Å²) in [5.41, 5.74) is 1.39. The third kappa shape index (κ3) is 3.06. The lowest BCUT2D eigenvalue weighted by molar-refractivity contribution is 0.0539. The fourth-order valence-corrected chi connectivity index (χ4v) is 3.07. The van der Waals surface area contributed by atoms with Crippen LogP contribution in [0.3, 0.4) is 0 Å². The lowest BCUT2D eigenvalue weighted by Gasteiger charge is -2.22. The van der Waals surface area contributed by atoms with Gasteiger partial charge in [-0.3, -0.25) is 0 Å². The normalized spacial score (nSPS) is 25.4. The standard InChI is InChI=1S/C13H21NOS/c1-10(2)13-12(3-5-15-13)8-14-7-11-4-6-16-9-11/h4,6,9-10,12-14H,3,5,7-8H2,1-2H3. The van der Waals surface area contributed by atoms with E-state index < -0.39 is 0 Å². The largest absolute Gasteiger partial charge is 0.378 e. The number of hydrogen-bond donors (Lipinski definition) is 1. The molecule has 0 spiro atoms. The van der Waals surface area contributed by atoms with Gasteiger partial charge in [0.15, 0.2) is 0 Å². The Hall–Kier alpha value is -0.380. The number of rotatable bonds is 5. The van der Waals surface area contributed by atoms with Crippen molar-refractivity contribution in [2.24, 2.45) is 11.8 Å². The number of nitrogens with one attached hydrogen (secondary N) is 1. The van der Waals surface area contributed by atoms with Crippen molar-refractivity contribution in [2.45, 2.75) is 32.9 Å². The van der Waals surface area contributed by atoms with E-state index in [9.17, 15) is 0 Å². The molecule has 1 saturated heterocycles. The van der Waals surface area contributed by atoms with Crippen molar-refractivity contribution >= 4 is 11.3 Å². The van der Waals surface area contributed by atoms with Crippen LogP contribution in [0.4, 0.5) is 0 Å². The minimum atomic E-state index is 0.454. The summed E-state index contributed by atoms with van der Waals surface area (Å²) in [5, 5.41) is 7.88. The SMILES string of the molecule is CC(C)C1OCCC1CNCc1ccsc1. The van der Waals surface area contributed by atoms with Crippen LogP contribution in [0.15, 0.2) is 16.8 Å². The van der Waals surface area contributed by atoms with E-state index in [0.717, 1.165) is 19.7 Å². The van der Waals surface area contributed by atoms with Gasteiger partial charge in [0.2, 0.25) is 0 Å². The molecule has 16 heavy (non-hydrogen) atoms. The first kappa shape index (κ1) is 12.1. The Labute approximate surface area is 102 Å². The van der Waals surface area contributed by atoms with Gasteiger partial charge >= 0.3 is 0 Å². The summed E-state index contributed by atoms with van der Waals surface area (Å²) in [6.45, 7) is 7.51. The van der Waals surface area contributed by atoms with E-state index in [1.54, 1.807) is 11.3 Å². The molecule has 2 unspecified atom stereocenters. The molecular weight excluding hydrogens is 218 g/mol. The van der Waals surface area contributed by atoms with Crippen LogP contribution in [-0.4, -0.2) is 19.3 Å². The highest BCUT2D eigenvalue weighted by Crippen LogP contribution is 2.26. The molecule has 1 aromatic heterocycles. The summed E-state index contributed by atoms with van der Waals surface area (Å²) < 4.78 is 5.78. The number of hydrogen-bond acceptors (Lipinski definition) is 3. The molecule has 3 heteroatoms. The van der Waals surface area contributed by atoms with Gasteiger partial charge in [-0.2, -0.15) is 11.3 Å². The lowest BCUT2D eigenvalue weighted by atomic mass is 9.93. The second-order valence-electron chi connectivity index (χ2n) is 4.89. The van der Waals surface area contributed by atoms with Crippen LogP contribution in [0.5, 0.6) is 0 Å². The molecule has 1 aliphatic heterocycles. The molecule has 1 N–H and O–H groups in total. The molecule has 0 saturated carbocycles. The average molecular weight is 239 g/mol. The van der Waals surface area contributed by atoms with E-state index in [1.807, 2.05) is 0 Å². The van der Waals surface area contributed by atoms with Crippen molar-refractivity contribution in [2.75, 3.05) is 13.2 Å². The van der Waals surface area contributed by atoms with Gasteiger partial charge in [-0.25, -0.2) is 0 Å². The second kappa shape index (κ2) is 5.80. The highest BCUT2D eigenvalue weighted by Gasteiger charge is 2.29. The molecule has 1 aliphatic rings. The summed E-state index contributed by atoms with van der Waals surface area (Å²) in [6.07, 6.45) is 1.66. The topological polar surface area (TPSA) is 21.3 Å². The monoisotopic (exact) mass is 239 g/mol. The Balaban J connectivity index is 1.73. The van der Waals surface area contributed by atoms with Crippen LogP contribution in [0.2, 0.25) is 0 Å². The van der Waals surface area contributed by atoms with Crippen LogP contribution < -0.4 is 5.32 Å². The highest BCUT2D eigenvalue weighted by atomic mass is 32.1. The number of ether oxygens (including phenoxy) is 1. The van der Waals surface area contributed by atoms with Crippen molar-refractivity contribution in [3.63, 3.8) is 0 Å². The van der Waals surface area contributed by atoms with Crippen LogP contribution in [0, 0.1) is 11.8 Å². The maximum absolute atomic E-state index is 5.78. The fraction of sp³-hybridized carbons (Fsp3) is 0.692. The Kier molecular flexibility index (Phi) is 4.38. The van der Waals surface area contributed by atoms with Crippen LogP contribution in [0.25, 0.3) is 0 Å². The van der Waals surface area contributed by atoms with Crippen LogP contribution in [-0.2, 0) is 11.3 Å². The van der Waals surface area contributed by atoms with Gasteiger partial charge in [-0.15, -0.1) is 0 Å². The van der Waals surface area contributed by atoms with Crippen LogP contribution >= 0.6 is 11.3 Å². The van der Waals surface area contributed by atoms with Gasteiger partial charge in [0.1, 0.15) is 0 Å². The molecule has 0 amide bonds. The van der Waals surface area contributed by atoms with E-state index in [2.05, 4.69) is 36.0 Å². The zero-order valence-electron chi connectivity index (χ0n) is 10.1. The molecule has 0 radical (unpaired) electrons. The average Bonchev–Trinajstić information content (AvgIpc) is 2.87. The first-order chi connectivity index (χ1) is 7.77. The third-order valence-corrected chi connectivity index (χ3v) is 3.97. The van der Waals surface area contributed by atoms with Crippen molar-refractivity contribution < 1.29 is 4.74 Å². The van der Waals surface area contributed by atoms with E-state index in [-0.39, 0.29) is 0 Å². The Morgan fingerprint density at radius 1 is 1.56 bits per heavy atom. The van der Waals surface area contributed by atoms with Crippen molar-refractivity contribution in [1.29, 1.82) is 0 Å². The molecule has 2 atom stereocenters. The Morgan fingerprint density at radius 2 is 2.44 bits per heavy atom. The van der Waals surface area contributed by atoms with E-state index >= 15 is 0 Å². The van der Waals surface area contributed by atoms with Gasteiger partial charge in [-0.05, 0) is 40.6 Å². The first-order valence-corrected chi connectivity index (χ1v) is 7.05. The zero-order chi connectivity index (χ0) is 11.4. The second-order valence-corrected chi connectivity index (χ2v) is 5.67. The summed E-state index contributed by atoms with van der Waals surface area (Å²) in [4.78, 5) is 0. The van der Waals surface area contributed by atoms with E-state index in [4.69, 9.17) is 4.74 Å². The zero-order valence-corrected chi connectivity index (χ0v) is 10.9. The van der Waals surface area contributed by atoms with Crippen LogP contribution in [0.1, 0.15) is 25.8 Å². The summed E-state index contributed by atoms with van der Waals surface area (Å²) in [5.74, 6) is 1.33. The quantitative estimate of drug-likeness (QED) is 0.853. The fourth-order valence-electron chi connectivity index (χ4n) is 2.41. The molecule has 2 heterocycles. The minimum absolute atomic E-state index is 0.454. The van der Waals surface area contributed by atoms with Gasteiger partial charge in [-0.1, -0.05) is 13.8 Å². The molecule has 2 rings (SSSR count). The van der Waals surface area contributed by atoms with Crippen molar-refractivity contribution in [3.05, 3.63) is 22.4 Å².